The molecule has 1 heterocycles. The molecule has 1 aromatic heterocycles. The first-order chi connectivity index (χ1) is 9.10. The first kappa shape index (κ1) is 13.8. The molecule has 1 aromatic carbocycles. The lowest BCUT2D eigenvalue weighted by atomic mass is 10.1. The summed E-state index contributed by atoms with van der Waals surface area (Å²) < 4.78 is 28.2. The van der Waals surface area contributed by atoms with Crippen LogP contribution in [0.3, 0.4) is 0 Å². The summed E-state index contributed by atoms with van der Waals surface area (Å²) in [5.74, 6) is 0. The smallest absolute Gasteiger partial charge is 0.220 e. The van der Waals surface area contributed by atoms with Crippen LogP contribution in [0.5, 0.6) is 0 Å². The number of hydrogen-bond donors (Lipinski definition) is 1. The molecule has 0 aliphatic carbocycles. The van der Waals surface area contributed by atoms with Gasteiger partial charge >= 0.3 is 0 Å². The maximum Gasteiger partial charge on any atom is 0.258 e. The van der Waals surface area contributed by atoms with E-state index in [-0.39, 0.29) is 5.03 Å². The summed E-state index contributed by atoms with van der Waals surface area (Å²) in [5, 5.41) is 4.30. The Kier molecular flexibility index (Phi) is 4.01. The molecule has 0 radical (unpaired) electrons. The van der Waals surface area contributed by atoms with Gasteiger partial charge in [0.2, 0.25) is 0 Å². The lowest BCUT2D eigenvalue weighted by Crippen LogP contribution is -2.25. The highest BCUT2D eigenvalue weighted by Gasteiger charge is 2.20. The van der Waals surface area contributed by atoms with E-state index in [1.807, 2.05) is 31.2 Å². The molecule has 0 atom stereocenters. The lowest BCUT2D eigenvalue weighted by Gasteiger charge is -2.11. The van der Waals surface area contributed by atoms with Gasteiger partial charge in [-0.25, -0.2) is 17.8 Å². The molecule has 0 amide bonds. The molecule has 0 saturated carbocycles. The number of para-hydroxylation sites is 1. The van der Waals surface area contributed by atoms with E-state index in [1.165, 1.54) is 16.9 Å². The van der Waals surface area contributed by atoms with Gasteiger partial charge in [0.1, 0.15) is 0 Å². The van der Waals surface area contributed by atoms with Crippen LogP contribution >= 0.6 is 0 Å². The second-order valence-corrected chi connectivity index (χ2v) is 5.78. The van der Waals surface area contributed by atoms with Crippen molar-refractivity contribution >= 4 is 10.0 Å². The van der Waals surface area contributed by atoms with Crippen LogP contribution in [0.1, 0.15) is 19.4 Å². The monoisotopic (exact) mass is 279 g/mol. The second kappa shape index (κ2) is 5.54. The third kappa shape index (κ3) is 2.69. The highest BCUT2D eigenvalue weighted by atomic mass is 32.2. The van der Waals surface area contributed by atoms with Crippen molar-refractivity contribution in [3.63, 3.8) is 0 Å². The predicted molar refractivity (Wildman–Crippen MR) is 73.8 cm³/mol. The van der Waals surface area contributed by atoms with Crippen LogP contribution in [-0.4, -0.2) is 24.7 Å². The minimum Gasteiger partial charge on any atom is -0.220 e. The molecule has 2 rings (SSSR count). The van der Waals surface area contributed by atoms with E-state index in [0.29, 0.717) is 6.54 Å². The minimum atomic E-state index is -3.52. The summed E-state index contributed by atoms with van der Waals surface area (Å²) in [4.78, 5) is 0. The largest absolute Gasteiger partial charge is 0.258 e. The maximum atomic E-state index is 12.1. The average Bonchev–Trinajstić information content (AvgIpc) is 2.88. The zero-order chi connectivity index (χ0) is 13.9. The Morgan fingerprint density at radius 1 is 1.21 bits per heavy atom. The zero-order valence-corrected chi connectivity index (χ0v) is 11.8. The summed E-state index contributed by atoms with van der Waals surface area (Å²) >= 11 is 0. The molecule has 6 heteroatoms. The van der Waals surface area contributed by atoms with Crippen LogP contribution in [0.2, 0.25) is 0 Å². The van der Waals surface area contributed by atoms with E-state index in [2.05, 4.69) is 9.82 Å². The third-order valence-electron chi connectivity index (χ3n) is 2.82. The second-order valence-electron chi connectivity index (χ2n) is 4.06. The van der Waals surface area contributed by atoms with Gasteiger partial charge in [0.05, 0.1) is 11.9 Å². The van der Waals surface area contributed by atoms with E-state index in [1.54, 1.807) is 6.92 Å². The van der Waals surface area contributed by atoms with Crippen molar-refractivity contribution in [1.82, 2.24) is 14.5 Å². The standard InChI is InChI=1S/C13H17N3O2S/c1-3-11-7-5-6-8-12(11)16-13(9-10-14-16)19(17,18)15-4-2/h5-10,15H,3-4H2,1-2H3. The van der Waals surface area contributed by atoms with Crippen LogP contribution in [0, 0.1) is 0 Å². The zero-order valence-electron chi connectivity index (χ0n) is 11.0. The van der Waals surface area contributed by atoms with Crippen molar-refractivity contribution in [3.05, 3.63) is 42.1 Å². The van der Waals surface area contributed by atoms with E-state index < -0.39 is 10.0 Å². The summed E-state index contributed by atoms with van der Waals surface area (Å²) in [6, 6.07) is 9.16. The molecule has 1 N–H and O–H groups in total. The summed E-state index contributed by atoms with van der Waals surface area (Å²) in [7, 11) is -3.52. The fourth-order valence-corrected chi connectivity index (χ4v) is 3.10. The Labute approximate surface area is 113 Å². The lowest BCUT2D eigenvalue weighted by molar-refractivity contribution is 0.573. The highest BCUT2D eigenvalue weighted by Crippen LogP contribution is 2.19. The first-order valence-corrected chi connectivity index (χ1v) is 7.70. The molecule has 5 nitrogen and oxygen atoms in total. The number of aromatic nitrogens is 2. The molecule has 0 saturated heterocycles. The SMILES string of the molecule is CCNS(=O)(=O)c1ccnn1-c1ccccc1CC. The normalized spacial score (nSPS) is 11.7. The van der Waals surface area contributed by atoms with Gasteiger partial charge in [-0.1, -0.05) is 32.0 Å². The van der Waals surface area contributed by atoms with Gasteiger partial charge < -0.3 is 0 Å². The molecule has 0 bridgehead atoms. The number of rotatable bonds is 5. The van der Waals surface area contributed by atoms with E-state index >= 15 is 0 Å². The summed E-state index contributed by atoms with van der Waals surface area (Å²) in [5.41, 5.74) is 1.85. The van der Waals surface area contributed by atoms with Crippen molar-refractivity contribution in [2.24, 2.45) is 0 Å². The van der Waals surface area contributed by atoms with Crippen LogP contribution in [0.15, 0.2) is 41.6 Å². The Hall–Kier alpha value is -1.66. The number of nitrogens with one attached hydrogen (secondary N) is 1. The van der Waals surface area contributed by atoms with Gasteiger partial charge in [0.15, 0.2) is 5.03 Å². The molecular formula is C13H17N3O2S. The van der Waals surface area contributed by atoms with Crippen LogP contribution in [0.4, 0.5) is 0 Å². The van der Waals surface area contributed by atoms with E-state index in [4.69, 9.17) is 0 Å². The quantitative estimate of drug-likeness (QED) is 0.906. The van der Waals surface area contributed by atoms with Crippen LogP contribution < -0.4 is 4.72 Å². The molecule has 102 valence electrons. The molecule has 0 spiro atoms. The van der Waals surface area contributed by atoms with Crippen molar-refractivity contribution in [2.75, 3.05) is 6.54 Å². The van der Waals surface area contributed by atoms with E-state index in [9.17, 15) is 8.42 Å². The summed E-state index contributed by atoms with van der Waals surface area (Å²) in [6.45, 7) is 4.13. The van der Waals surface area contributed by atoms with Gasteiger partial charge in [-0.2, -0.15) is 5.10 Å². The Morgan fingerprint density at radius 3 is 2.63 bits per heavy atom. The molecule has 2 aromatic rings. The molecule has 0 unspecified atom stereocenters. The van der Waals surface area contributed by atoms with E-state index in [0.717, 1.165) is 17.7 Å². The van der Waals surface area contributed by atoms with Crippen molar-refractivity contribution in [2.45, 2.75) is 25.3 Å². The van der Waals surface area contributed by atoms with Gasteiger partial charge in [-0.05, 0) is 24.1 Å². The maximum absolute atomic E-state index is 12.1. The highest BCUT2D eigenvalue weighted by molar-refractivity contribution is 7.89. The molecular weight excluding hydrogens is 262 g/mol. The number of nitrogens with zero attached hydrogens (tertiary/aromatic N) is 2. The van der Waals surface area contributed by atoms with Gasteiger partial charge in [0, 0.05) is 6.54 Å². The van der Waals surface area contributed by atoms with Crippen molar-refractivity contribution < 1.29 is 8.42 Å². The molecule has 0 fully saturated rings. The summed E-state index contributed by atoms with van der Waals surface area (Å²) in [6.07, 6.45) is 2.31. The fourth-order valence-electron chi connectivity index (χ4n) is 1.96. The Bertz CT molecular complexity index is 662. The van der Waals surface area contributed by atoms with Crippen LogP contribution in [0.25, 0.3) is 5.69 Å². The van der Waals surface area contributed by atoms with Crippen molar-refractivity contribution in [3.8, 4) is 5.69 Å². The molecule has 19 heavy (non-hydrogen) atoms. The van der Waals surface area contributed by atoms with Crippen molar-refractivity contribution in [1.29, 1.82) is 0 Å². The number of aryl methyl sites for hydroxylation is 1. The number of hydrogen-bond acceptors (Lipinski definition) is 3. The molecule has 0 aliphatic heterocycles. The Morgan fingerprint density at radius 2 is 1.95 bits per heavy atom. The number of sulfonamides is 1. The number of benzene rings is 1. The third-order valence-corrected chi connectivity index (χ3v) is 4.35. The fraction of sp³-hybridized carbons (Fsp3) is 0.308. The minimum absolute atomic E-state index is 0.162. The van der Waals surface area contributed by atoms with Gasteiger partial charge in [0.25, 0.3) is 10.0 Å². The topological polar surface area (TPSA) is 64.0 Å². The van der Waals surface area contributed by atoms with Gasteiger partial charge in [-0.15, -0.1) is 0 Å². The molecule has 0 aliphatic rings. The van der Waals surface area contributed by atoms with Gasteiger partial charge in [-0.3, -0.25) is 0 Å². The Balaban J connectivity index is 2.57. The van der Waals surface area contributed by atoms with Crippen LogP contribution in [-0.2, 0) is 16.4 Å². The first-order valence-electron chi connectivity index (χ1n) is 6.22. The average molecular weight is 279 g/mol. The predicted octanol–water partition coefficient (Wildman–Crippen LogP) is 1.73.